The standard InChI is InChI=1S/C16H22O3.C14H11ClF3NS2/c1-16(2,3)19-15(17)11-18-14-10-6-8-12-7-4-5-9-13(12)14;1-19-21-13-7-9(14(16,17)18)6-12(8-13)20-11-4-2-10(15)3-5-11/h6,8,10H,4-5,7,9,11H2,1-3H3;2-8,19H,1H3. The Kier molecular flexibility index (Phi) is 11.7. The fourth-order valence-electron chi connectivity index (χ4n) is 4.00. The zero-order valence-electron chi connectivity index (χ0n) is 22.9. The molecule has 1 aliphatic carbocycles. The van der Waals surface area contributed by atoms with Crippen LogP contribution in [0.25, 0.3) is 0 Å². The van der Waals surface area contributed by atoms with Crippen LogP contribution in [-0.2, 0) is 28.5 Å². The second kappa shape index (κ2) is 14.5. The molecule has 0 saturated carbocycles. The van der Waals surface area contributed by atoms with Gasteiger partial charge in [-0.1, -0.05) is 35.5 Å². The Labute approximate surface area is 247 Å². The number of fused-ring (bicyclic) bond motifs is 1. The number of carbonyl (C=O) groups is 1. The maximum Gasteiger partial charge on any atom is 0.416 e. The van der Waals surface area contributed by atoms with Gasteiger partial charge in [0.25, 0.3) is 0 Å². The highest BCUT2D eigenvalue weighted by atomic mass is 35.5. The number of rotatable bonds is 7. The van der Waals surface area contributed by atoms with E-state index < -0.39 is 17.3 Å². The van der Waals surface area contributed by atoms with Gasteiger partial charge in [-0.15, -0.1) is 0 Å². The van der Waals surface area contributed by atoms with E-state index in [9.17, 15) is 18.0 Å². The van der Waals surface area contributed by atoms with E-state index in [2.05, 4.69) is 10.8 Å². The van der Waals surface area contributed by atoms with Crippen LogP contribution in [0.3, 0.4) is 0 Å². The molecule has 0 aliphatic heterocycles. The third-order valence-corrected chi connectivity index (χ3v) is 7.50. The van der Waals surface area contributed by atoms with E-state index >= 15 is 0 Å². The van der Waals surface area contributed by atoms with E-state index in [1.807, 2.05) is 32.9 Å². The summed E-state index contributed by atoms with van der Waals surface area (Å²) in [7, 11) is 1.66. The third-order valence-electron chi connectivity index (χ3n) is 5.60. The second-order valence-corrected chi connectivity index (χ2v) is 12.7. The first kappa shape index (κ1) is 32.2. The number of nitrogens with one attached hydrogen (secondary N) is 1. The molecule has 40 heavy (non-hydrogen) atoms. The Bertz CT molecular complexity index is 1280. The van der Waals surface area contributed by atoms with Gasteiger partial charge in [-0.25, -0.2) is 4.79 Å². The summed E-state index contributed by atoms with van der Waals surface area (Å²) < 4.78 is 52.4. The molecule has 3 aromatic rings. The van der Waals surface area contributed by atoms with Gasteiger partial charge in [0, 0.05) is 19.7 Å². The van der Waals surface area contributed by atoms with Crippen molar-refractivity contribution in [3.05, 3.63) is 82.4 Å². The van der Waals surface area contributed by atoms with Gasteiger partial charge in [-0.05, 0) is 125 Å². The van der Waals surface area contributed by atoms with Crippen LogP contribution in [0, 0.1) is 0 Å². The predicted molar refractivity (Wildman–Crippen MR) is 156 cm³/mol. The number of hydrogen-bond donors (Lipinski definition) is 1. The minimum absolute atomic E-state index is 0.0201. The number of benzene rings is 3. The van der Waals surface area contributed by atoms with Crippen molar-refractivity contribution >= 4 is 41.3 Å². The van der Waals surface area contributed by atoms with Gasteiger partial charge in [0.2, 0.25) is 0 Å². The summed E-state index contributed by atoms with van der Waals surface area (Å²) in [6.45, 7) is 5.55. The van der Waals surface area contributed by atoms with E-state index in [-0.39, 0.29) is 12.6 Å². The summed E-state index contributed by atoms with van der Waals surface area (Å²) in [5.41, 5.74) is 1.50. The van der Waals surface area contributed by atoms with Crippen molar-refractivity contribution in [2.75, 3.05) is 13.7 Å². The lowest BCUT2D eigenvalue weighted by atomic mass is 9.91. The van der Waals surface area contributed by atoms with Crippen molar-refractivity contribution in [1.29, 1.82) is 0 Å². The van der Waals surface area contributed by atoms with Crippen molar-refractivity contribution in [3.63, 3.8) is 0 Å². The number of alkyl halides is 3. The maximum atomic E-state index is 12.9. The van der Waals surface area contributed by atoms with Gasteiger partial charge in [0.05, 0.1) is 5.56 Å². The number of hydrogen-bond acceptors (Lipinski definition) is 6. The average molecular weight is 612 g/mol. The number of aryl methyl sites for hydroxylation is 1. The molecular formula is C30H33ClF3NO3S2. The summed E-state index contributed by atoms with van der Waals surface area (Å²) in [6, 6.07) is 17.1. The molecule has 0 heterocycles. The highest BCUT2D eigenvalue weighted by Gasteiger charge is 2.31. The van der Waals surface area contributed by atoms with Crippen molar-refractivity contribution in [1.82, 2.24) is 4.72 Å². The van der Waals surface area contributed by atoms with Crippen LogP contribution in [-0.4, -0.2) is 25.2 Å². The number of ether oxygens (including phenoxy) is 2. The van der Waals surface area contributed by atoms with E-state index in [1.54, 1.807) is 37.4 Å². The summed E-state index contributed by atoms with van der Waals surface area (Å²) in [5.74, 6) is 0.518. The highest BCUT2D eigenvalue weighted by Crippen LogP contribution is 2.37. The van der Waals surface area contributed by atoms with E-state index in [0.29, 0.717) is 14.8 Å². The van der Waals surface area contributed by atoms with Crippen LogP contribution >= 0.6 is 35.3 Å². The zero-order valence-corrected chi connectivity index (χ0v) is 25.3. The summed E-state index contributed by atoms with van der Waals surface area (Å²) in [5, 5.41) is 0.592. The molecule has 3 aromatic carbocycles. The molecule has 0 unspecified atom stereocenters. The molecule has 4 rings (SSSR count). The van der Waals surface area contributed by atoms with Crippen LogP contribution in [0.4, 0.5) is 13.2 Å². The lowest BCUT2D eigenvalue weighted by molar-refractivity contribution is -0.157. The molecule has 0 radical (unpaired) electrons. The minimum Gasteiger partial charge on any atom is -0.482 e. The highest BCUT2D eigenvalue weighted by molar-refractivity contribution is 7.99. The monoisotopic (exact) mass is 611 g/mol. The molecule has 216 valence electrons. The first-order valence-electron chi connectivity index (χ1n) is 12.8. The first-order chi connectivity index (χ1) is 18.8. The van der Waals surface area contributed by atoms with Gasteiger partial charge in [-0.3, -0.25) is 4.72 Å². The van der Waals surface area contributed by atoms with Crippen LogP contribution in [0.15, 0.2) is 75.4 Å². The van der Waals surface area contributed by atoms with Crippen molar-refractivity contribution in [2.45, 2.75) is 72.9 Å². The molecule has 0 bridgehead atoms. The Balaban J connectivity index is 0.000000222. The van der Waals surface area contributed by atoms with Crippen molar-refractivity contribution in [2.24, 2.45) is 0 Å². The molecule has 0 saturated heterocycles. The zero-order chi connectivity index (χ0) is 29.3. The third kappa shape index (κ3) is 10.6. The predicted octanol–water partition coefficient (Wildman–Crippen LogP) is 9.02. The molecule has 0 spiro atoms. The molecular weight excluding hydrogens is 579 g/mol. The largest absolute Gasteiger partial charge is 0.482 e. The summed E-state index contributed by atoms with van der Waals surface area (Å²) in [4.78, 5) is 13.5. The van der Waals surface area contributed by atoms with Gasteiger partial charge in [0.1, 0.15) is 11.4 Å². The summed E-state index contributed by atoms with van der Waals surface area (Å²) in [6.07, 6.45) is 0.223. The van der Waals surface area contributed by atoms with Gasteiger partial charge in [0.15, 0.2) is 6.61 Å². The fourth-order valence-corrected chi connectivity index (χ4v) is 5.72. The number of esters is 1. The van der Waals surface area contributed by atoms with Gasteiger partial charge in [-0.2, -0.15) is 13.2 Å². The van der Waals surface area contributed by atoms with Gasteiger partial charge >= 0.3 is 12.1 Å². The first-order valence-corrected chi connectivity index (χ1v) is 14.8. The molecule has 1 N–H and O–H groups in total. The number of halogens is 4. The van der Waals surface area contributed by atoms with Crippen LogP contribution < -0.4 is 9.46 Å². The smallest absolute Gasteiger partial charge is 0.416 e. The quantitative estimate of drug-likeness (QED) is 0.212. The SMILES string of the molecule is CC(C)(C)OC(=O)COc1cccc2c1CCCC2.CNSc1cc(Sc2ccc(Cl)cc2)cc(C(F)(F)F)c1. The maximum absolute atomic E-state index is 12.9. The van der Waals surface area contributed by atoms with Crippen LogP contribution in [0.2, 0.25) is 5.02 Å². The Morgan fingerprint density at radius 3 is 2.27 bits per heavy atom. The van der Waals surface area contributed by atoms with Gasteiger partial charge < -0.3 is 9.47 Å². The molecule has 0 fully saturated rings. The topological polar surface area (TPSA) is 47.6 Å². The van der Waals surface area contributed by atoms with Crippen molar-refractivity contribution < 1.29 is 27.4 Å². The van der Waals surface area contributed by atoms with E-state index in [4.69, 9.17) is 21.1 Å². The Morgan fingerprint density at radius 2 is 1.62 bits per heavy atom. The molecule has 0 aromatic heterocycles. The Hall–Kier alpha value is -2.33. The molecule has 0 atom stereocenters. The van der Waals surface area contributed by atoms with Crippen molar-refractivity contribution in [3.8, 4) is 5.75 Å². The lowest BCUT2D eigenvalue weighted by Crippen LogP contribution is -2.27. The Morgan fingerprint density at radius 1 is 0.950 bits per heavy atom. The van der Waals surface area contributed by atoms with Crippen LogP contribution in [0.1, 0.15) is 50.3 Å². The minimum atomic E-state index is -4.36. The molecule has 1 aliphatic rings. The molecule has 4 nitrogen and oxygen atoms in total. The van der Waals surface area contributed by atoms with Crippen LogP contribution in [0.5, 0.6) is 5.75 Å². The van der Waals surface area contributed by atoms with E-state index in [1.165, 1.54) is 35.7 Å². The lowest BCUT2D eigenvalue weighted by Gasteiger charge is -2.21. The normalized spacial score (nSPS) is 13.1. The number of carbonyl (C=O) groups excluding carboxylic acids is 1. The molecule has 0 amide bonds. The average Bonchev–Trinajstić information content (AvgIpc) is 2.88. The van der Waals surface area contributed by atoms with E-state index in [0.717, 1.165) is 47.6 Å². The summed E-state index contributed by atoms with van der Waals surface area (Å²) >= 11 is 8.21. The fraction of sp³-hybridized carbons (Fsp3) is 0.367. The second-order valence-electron chi connectivity index (χ2n) is 10.0. The molecule has 10 heteroatoms.